The average Bonchev–Trinajstić information content (AvgIpc) is 2.29. The lowest BCUT2D eigenvalue weighted by Crippen LogP contribution is -2.15. The molecule has 0 atom stereocenters. The number of nitrogens with one attached hydrogen (secondary N) is 1. The second kappa shape index (κ2) is 6.97. The molecule has 4 heteroatoms. The van der Waals surface area contributed by atoms with Crippen LogP contribution in [-0.4, -0.2) is 17.4 Å². The highest BCUT2D eigenvalue weighted by Crippen LogP contribution is 2.14. The Morgan fingerprint density at radius 3 is 2.82 bits per heavy atom. The average molecular weight is 248 g/mol. The Bertz CT molecular complexity index is 424. The molecule has 0 heterocycles. The van der Waals surface area contributed by atoms with Gasteiger partial charge in [0.2, 0.25) is 5.91 Å². The van der Waals surface area contributed by atoms with Gasteiger partial charge in [0.1, 0.15) is 6.07 Å². The lowest BCUT2D eigenvalue weighted by Gasteiger charge is -2.07. The number of hydrogen-bond acceptors (Lipinski definition) is 3. The van der Waals surface area contributed by atoms with Crippen molar-refractivity contribution < 1.29 is 4.79 Å². The highest BCUT2D eigenvalue weighted by Gasteiger charge is 2.06. The number of nitrogens with zero attached hydrogens (tertiary/aromatic N) is 1. The first-order valence-electron chi connectivity index (χ1n) is 5.50. The highest BCUT2D eigenvalue weighted by atomic mass is 32.2. The van der Waals surface area contributed by atoms with Crippen LogP contribution in [0.4, 0.5) is 5.69 Å². The van der Waals surface area contributed by atoms with E-state index in [4.69, 9.17) is 5.26 Å². The van der Waals surface area contributed by atoms with Crippen LogP contribution >= 0.6 is 11.8 Å². The van der Waals surface area contributed by atoms with Gasteiger partial charge in [-0.2, -0.15) is 17.0 Å². The number of nitriles is 1. The zero-order valence-corrected chi connectivity index (χ0v) is 10.9. The third-order valence-corrected chi connectivity index (χ3v) is 3.37. The van der Waals surface area contributed by atoms with Gasteiger partial charge < -0.3 is 5.32 Å². The molecule has 17 heavy (non-hydrogen) atoms. The number of hydrogen-bond donors (Lipinski definition) is 1. The van der Waals surface area contributed by atoms with Crippen LogP contribution in [0.25, 0.3) is 0 Å². The summed E-state index contributed by atoms with van der Waals surface area (Å²) in [5.41, 5.74) is 1.08. The van der Waals surface area contributed by atoms with Crippen molar-refractivity contribution in [1.82, 2.24) is 0 Å². The van der Waals surface area contributed by atoms with Gasteiger partial charge in [-0.15, -0.1) is 0 Å². The van der Waals surface area contributed by atoms with Crippen molar-refractivity contribution >= 4 is 23.4 Å². The molecule has 0 saturated heterocycles. The van der Waals surface area contributed by atoms with Crippen molar-refractivity contribution in [3.63, 3.8) is 0 Å². The maximum Gasteiger partial charge on any atom is 0.234 e. The molecular formula is C13H16N2OS. The molecular weight excluding hydrogens is 232 g/mol. The molecule has 1 aromatic carbocycles. The van der Waals surface area contributed by atoms with Crippen molar-refractivity contribution in [2.24, 2.45) is 5.92 Å². The molecule has 0 aromatic heterocycles. The molecule has 0 bridgehead atoms. The van der Waals surface area contributed by atoms with Gasteiger partial charge >= 0.3 is 0 Å². The van der Waals surface area contributed by atoms with E-state index in [9.17, 15) is 4.79 Å². The SMILES string of the molecule is CC(C)CSCC(=O)Nc1ccccc1C#N. The van der Waals surface area contributed by atoms with Gasteiger partial charge in [0, 0.05) is 0 Å². The number of amides is 1. The summed E-state index contributed by atoms with van der Waals surface area (Å²) in [4.78, 5) is 11.6. The lowest BCUT2D eigenvalue weighted by atomic mass is 10.2. The number of rotatable bonds is 5. The molecule has 0 fully saturated rings. The Labute approximate surface area is 106 Å². The van der Waals surface area contributed by atoms with E-state index in [1.165, 1.54) is 0 Å². The van der Waals surface area contributed by atoms with Crippen LogP contribution in [0.5, 0.6) is 0 Å². The molecule has 0 saturated carbocycles. The van der Waals surface area contributed by atoms with Crippen LogP contribution in [0.2, 0.25) is 0 Å². The molecule has 1 amide bonds. The molecule has 90 valence electrons. The van der Waals surface area contributed by atoms with Crippen molar-refractivity contribution in [3.05, 3.63) is 29.8 Å². The first kappa shape index (κ1) is 13.6. The normalized spacial score (nSPS) is 10.0. The molecule has 1 aromatic rings. The van der Waals surface area contributed by atoms with Gasteiger partial charge in [0.15, 0.2) is 0 Å². The maximum atomic E-state index is 11.6. The maximum absolute atomic E-state index is 11.6. The van der Waals surface area contributed by atoms with Gasteiger partial charge in [-0.3, -0.25) is 4.79 Å². The topological polar surface area (TPSA) is 52.9 Å². The van der Waals surface area contributed by atoms with Crippen LogP contribution in [0.3, 0.4) is 0 Å². The summed E-state index contributed by atoms with van der Waals surface area (Å²) in [7, 11) is 0. The Balaban J connectivity index is 2.48. The molecule has 1 rings (SSSR count). The van der Waals surface area contributed by atoms with E-state index in [0.717, 1.165) is 5.75 Å². The zero-order chi connectivity index (χ0) is 12.7. The smallest absolute Gasteiger partial charge is 0.234 e. The fourth-order valence-electron chi connectivity index (χ4n) is 1.26. The second-order valence-electron chi connectivity index (χ2n) is 4.11. The molecule has 0 radical (unpaired) electrons. The summed E-state index contributed by atoms with van der Waals surface area (Å²) in [6, 6.07) is 9.07. The fourth-order valence-corrected chi connectivity index (χ4v) is 2.11. The van der Waals surface area contributed by atoms with E-state index < -0.39 is 0 Å². The van der Waals surface area contributed by atoms with E-state index in [1.807, 2.05) is 0 Å². The Hall–Kier alpha value is -1.47. The summed E-state index contributed by atoms with van der Waals surface area (Å²) < 4.78 is 0. The lowest BCUT2D eigenvalue weighted by molar-refractivity contribution is -0.113. The molecule has 0 spiro atoms. The van der Waals surface area contributed by atoms with Crippen molar-refractivity contribution in [2.75, 3.05) is 16.8 Å². The number of para-hydroxylation sites is 1. The highest BCUT2D eigenvalue weighted by molar-refractivity contribution is 7.99. The van der Waals surface area contributed by atoms with Crippen LogP contribution in [0.15, 0.2) is 24.3 Å². The van der Waals surface area contributed by atoms with Gasteiger partial charge in [-0.25, -0.2) is 0 Å². The van der Waals surface area contributed by atoms with Crippen molar-refractivity contribution in [3.8, 4) is 6.07 Å². The monoisotopic (exact) mass is 248 g/mol. The van der Waals surface area contributed by atoms with Gasteiger partial charge in [0.25, 0.3) is 0 Å². The summed E-state index contributed by atoms with van der Waals surface area (Å²) in [6.07, 6.45) is 0. The van der Waals surface area contributed by atoms with Gasteiger partial charge in [0.05, 0.1) is 17.0 Å². The molecule has 3 nitrogen and oxygen atoms in total. The Kier molecular flexibility index (Phi) is 5.58. The molecule has 0 aliphatic rings. The van der Waals surface area contributed by atoms with Crippen molar-refractivity contribution in [2.45, 2.75) is 13.8 Å². The molecule has 1 N–H and O–H groups in total. The van der Waals surface area contributed by atoms with Gasteiger partial charge in [-0.1, -0.05) is 26.0 Å². The third-order valence-electron chi connectivity index (χ3n) is 2.01. The summed E-state index contributed by atoms with van der Waals surface area (Å²) in [6.45, 7) is 4.24. The first-order valence-corrected chi connectivity index (χ1v) is 6.65. The van der Waals surface area contributed by atoms with Crippen LogP contribution in [0, 0.1) is 17.2 Å². The van der Waals surface area contributed by atoms with Crippen molar-refractivity contribution in [1.29, 1.82) is 5.26 Å². The second-order valence-corrected chi connectivity index (χ2v) is 5.14. The fraction of sp³-hybridized carbons (Fsp3) is 0.385. The van der Waals surface area contributed by atoms with E-state index >= 15 is 0 Å². The molecule has 0 unspecified atom stereocenters. The van der Waals surface area contributed by atoms with E-state index in [0.29, 0.717) is 22.9 Å². The summed E-state index contributed by atoms with van der Waals surface area (Å²) >= 11 is 1.61. The van der Waals surface area contributed by atoms with E-state index in [-0.39, 0.29) is 5.91 Å². The van der Waals surface area contributed by atoms with Crippen LogP contribution in [0.1, 0.15) is 19.4 Å². The summed E-state index contributed by atoms with van der Waals surface area (Å²) in [5.74, 6) is 1.92. The minimum atomic E-state index is -0.0571. The van der Waals surface area contributed by atoms with E-state index in [1.54, 1.807) is 36.0 Å². The van der Waals surface area contributed by atoms with Crippen LogP contribution < -0.4 is 5.32 Å². The zero-order valence-electron chi connectivity index (χ0n) is 10.1. The number of thioether (sulfide) groups is 1. The third kappa shape index (κ3) is 4.92. The number of carbonyl (C=O) groups is 1. The number of carbonyl (C=O) groups excluding carboxylic acids is 1. The summed E-state index contributed by atoms with van der Waals surface area (Å²) in [5, 5.41) is 11.6. The minimum absolute atomic E-state index is 0.0571. The quantitative estimate of drug-likeness (QED) is 0.871. The predicted octanol–water partition coefficient (Wildman–Crippen LogP) is 2.89. The standard InChI is InChI=1S/C13H16N2OS/c1-10(2)8-17-9-13(16)15-12-6-4-3-5-11(12)7-14/h3-6,10H,8-9H2,1-2H3,(H,15,16). The first-order chi connectivity index (χ1) is 8.13. The molecule has 0 aliphatic heterocycles. The Morgan fingerprint density at radius 2 is 2.18 bits per heavy atom. The van der Waals surface area contributed by atoms with Crippen LogP contribution in [-0.2, 0) is 4.79 Å². The Morgan fingerprint density at radius 1 is 1.47 bits per heavy atom. The van der Waals surface area contributed by atoms with Gasteiger partial charge in [-0.05, 0) is 23.8 Å². The molecule has 0 aliphatic carbocycles. The number of benzene rings is 1. The largest absolute Gasteiger partial charge is 0.324 e. The minimum Gasteiger partial charge on any atom is -0.324 e. The predicted molar refractivity (Wildman–Crippen MR) is 71.9 cm³/mol. The number of anilines is 1. The van der Waals surface area contributed by atoms with E-state index in [2.05, 4.69) is 25.2 Å².